The normalized spacial score (nSPS) is 12.1. The fourth-order valence-electron chi connectivity index (χ4n) is 1.40. The summed E-state index contributed by atoms with van der Waals surface area (Å²) in [6.45, 7) is 0.125. The zero-order valence-electron chi connectivity index (χ0n) is 8.93. The van der Waals surface area contributed by atoms with Crippen molar-refractivity contribution in [2.75, 3.05) is 13.2 Å². The van der Waals surface area contributed by atoms with E-state index in [2.05, 4.69) is 0 Å². The van der Waals surface area contributed by atoms with Crippen molar-refractivity contribution in [3.8, 4) is 5.75 Å². The molecule has 5 N–H and O–H groups in total. The van der Waals surface area contributed by atoms with Gasteiger partial charge in [0.1, 0.15) is 12.4 Å². The molecule has 1 rings (SSSR count). The molecule has 0 spiro atoms. The Bertz CT molecular complexity index is 355. The van der Waals surface area contributed by atoms with Gasteiger partial charge in [-0.1, -0.05) is 18.2 Å². The molecule has 0 bridgehead atoms. The highest BCUT2D eigenvalue weighted by Crippen LogP contribution is 2.25. The van der Waals surface area contributed by atoms with E-state index in [0.29, 0.717) is 5.75 Å². The molecular formula is C11H16N2O3. The van der Waals surface area contributed by atoms with Gasteiger partial charge in [0, 0.05) is 18.0 Å². The summed E-state index contributed by atoms with van der Waals surface area (Å²) in [5, 5.41) is 8.67. The third-order valence-corrected chi connectivity index (χ3v) is 2.09. The van der Waals surface area contributed by atoms with Gasteiger partial charge in [0.15, 0.2) is 0 Å². The van der Waals surface area contributed by atoms with Crippen LogP contribution in [0, 0.1) is 0 Å². The van der Waals surface area contributed by atoms with Crippen LogP contribution in [0.15, 0.2) is 24.3 Å². The van der Waals surface area contributed by atoms with Crippen LogP contribution < -0.4 is 16.2 Å². The molecule has 1 amide bonds. The number of primary amides is 1. The number of hydrogen-bond donors (Lipinski definition) is 3. The molecule has 0 aliphatic carbocycles. The average Bonchev–Trinajstić information content (AvgIpc) is 2.25. The number of hydrogen-bond acceptors (Lipinski definition) is 4. The van der Waals surface area contributed by atoms with E-state index in [0.717, 1.165) is 5.56 Å². The minimum atomic E-state index is -0.479. The number of benzene rings is 1. The van der Waals surface area contributed by atoms with Gasteiger partial charge in [-0.05, 0) is 6.07 Å². The number of carbonyl (C=O) groups excluding carboxylic acids is 1. The summed E-state index contributed by atoms with van der Waals surface area (Å²) in [6, 6.07) is 6.65. The summed E-state index contributed by atoms with van der Waals surface area (Å²) >= 11 is 0. The van der Waals surface area contributed by atoms with Crippen molar-refractivity contribution in [3.05, 3.63) is 29.8 Å². The summed E-state index contributed by atoms with van der Waals surface area (Å²) < 4.78 is 5.31. The topological polar surface area (TPSA) is 98.6 Å². The molecule has 0 aliphatic rings. The van der Waals surface area contributed by atoms with Crippen LogP contribution in [0.3, 0.4) is 0 Å². The molecule has 5 nitrogen and oxygen atoms in total. The lowest BCUT2D eigenvalue weighted by Gasteiger charge is -2.15. The summed E-state index contributed by atoms with van der Waals surface area (Å²) in [6.07, 6.45) is 0.0689. The Kier molecular flexibility index (Phi) is 4.75. The molecule has 0 aromatic heterocycles. The van der Waals surface area contributed by atoms with Crippen LogP contribution in [0.4, 0.5) is 0 Å². The molecule has 0 radical (unpaired) electrons. The second kappa shape index (κ2) is 6.09. The van der Waals surface area contributed by atoms with Gasteiger partial charge < -0.3 is 21.3 Å². The Morgan fingerprint density at radius 2 is 2.12 bits per heavy atom. The van der Waals surface area contributed by atoms with Crippen molar-refractivity contribution >= 4 is 5.91 Å². The summed E-state index contributed by atoms with van der Waals surface area (Å²) in [5.41, 5.74) is 11.6. The third-order valence-electron chi connectivity index (χ3n) is 2.09. The van der Waals surface area contributed by atoms with Crippen LogP contribution in [0.5, 0.6) is 5.75 Å². The van der Waals surface area contributed by atoms with E-state index in [4.69, 9.17) is 21.3 Å². The zero-order chi connectivity index (χ0) is 12.0. The Hall–Kier alpha value is -1.59. The monoisotopic (exact) mass is 224 g/mol. The molecule has 0 fully saturated rings. The molecule has 1 aromatic rings. The predicted octanol–water partition coefficient (Wildman–Crippen LogP) is -0.0671. The molecule has 0 saturated carbocycles. The number of rotatable bonds is 6. The highest BCUT2D eigenvalue weighted by molar-refractivity contribution is 5.74. The minimum Gasteiger partial charge on any atom is -0.491 e. The van der Waals surface area contributed by atoms with Crippen molar-refractivity contribution in [2.45, 2.75) is 12.5 Å². The average molecular weight is 224 g/mol. The minimum absolute atomic E-state index is 0.0689. The van der Waals surface area contributed by atoms with Crippen molar-refractivity contribution in [3.63, 3.8) is 0 Å². The van der Waals surface area contributed by atoms with Crippen LogP contribution in [0.1, 0.15) is 18.0 Å². The SMILES string of the molecule is NC(=O)CC(N)c1ccccc1OCCO. The maximum Gasteiger partial charge on any atom is 0.219 e. The third kappa shape index (κ3) is 3.52. The second-order valence-corrected chi connectivity index (χ2v) is 3.39. The fraction of sp³-hybridized carbons (Fsp3) is 0.364. The number of para-hydroxylation sites is 1. The molecule has 1 aromatic carbocycles. The number of amides is 1. The first-order valence-corrected chi connectivity index (χ1v) is 5.01. The highest BCUT2D eigenvalue weighted by atomic mass is 16.5. The smallest absolute Gasteiger partial charge is 0.219 e. The van der Waals surface area contributed by atoms with E-state index in [-0.39, 0.29) is 19.6 Å². The standard InChI is InChI=1S/C11H16N2O3/c12-9(7-11(13)15)8-3-1-2-4-10(8)16-6-5-14/h1-4,9,14H,5-7,12H2,(H2,13,15). The largest absolute Gasteiger partial charge is 0.491 e. The van der Waals surface area contributed by atoms with Crippen molar-refractivity contribution in [2.24, 2.45) is 11.5 Å². The Morgan fingerprint density at radius 1 is 1.44 bits per heavy atom. The lowest BCUT2D eigenvalue weighted by molar-refractivity contribution is -0.118. The van der Waals surface area contributed by atoms with E-state index in [1.54, 1.807) is 18.2 Å². The summed E-state index contributed by atoms with van der Waals surface area (Å²) in [5.74, 6) is 0.120. The molecule has 88 valence electrons. The van der Waals surface area contributed by atoms with E-state index >= 15 is 0 Å². The van der Waals surface area contributed by atoms with Gasteiger partial charge >= 0.3 is 0 Å². The van der Waals surface area contributed by atoms with Crippen LogP contribution >= 0.6 is 0 Å². The molecule has 0 aliphatic heterocycles. The lowest BCUT2D eigenvalue weighted by atomic mass is 10.0. The number of aliphatic hydroxyl groups excluding tert-OH is 1. The molecule has 0 heterocycles. The first-order valence-electron chi connectivity index (χ1n) is 5.01. The van der Waals surface area contributed by atoms with Gasteiger partial charge in [0.05, 0.1) is 6.61 Å². The Morgan fingerprint density at radius 3 is 2.75 bits per heavy atom. The van der Waals surface area contributed by atoms with Crippen LogP contribution in [0.25, 0.3) is 0 Å². The number of carbonyl (C=O) groups is 1. The number of nitrogens with two attached hydrogens (primary N) is 2. The maximum absolute atomic E-state index is 10.8. The van der Waals surface area contributed by atoms with Gasteiger partial charge in [-0.2, -0.15) is 0 Å². The molecule has 16 heavy (non-hydrogen) atoms. The zero-order valence-corrected chi connectivity index (χ0v) is 8.93. The van der Waals surface area contributed by atoms with Crippen LogP contribution in [-0.2, 0) is 4.79 Å². The fourth-order valence-corrected chi connectivity index (χ4v) is 1.40. The van der Waals surface area contributed by atoms with E-state index in [9.17, 15) is 4.79 Å². The van der Waals surface area contributed by atoms with Gasteiger partial charge in [-0.25, -0.2) is 0 Å². The highest BCUT2D eigenvalue weighted by Gasteiger charge is 2.13. The van der Waals surface area contributed by atoms with Gasteiger partial charge in [0.25, 0.3) is 0 Å². The van der Waals surface area contributed by atoms with Gasteiger partial charge in [0.2, 0.25) is 5.91 Å². The first kappa shape index (κ1) is 12.5. The summed E-state index contributed by atoms with van der Waals surface area (Å²) in [4.78, 5) is 10.8. The van der Waals surface area contributed by atoms with Crippen molar-refractivity contribution < 1.29 is 14.6 Å². The Balaban J connectivity index is 2.80. The molecule has 1 unspecified atom stereocenters. The predicted molar refractivity (Wildman–Crippen MR) is 59.8 cm³/mol. The van der Waals surface area contributed by atoms with E-state index < -0.39 is 11.9 Å². The molecule has 0 saturated heterocycles. The number of aliphatic hydroxyl groups is 1. The Labute approximate surface area is 94.0 Å². The van der Waals surface area contributed by atoms with Crippen LogP contribution in [-0.4, -0.2) is 24.2 Å². The molecule has 1 atom stereocenters. The van der Waals surface area contributed by atoms with Crippen molar-refractivity contribution in [1.82, 2.24) is 0 Å². The van der Waals surface area contributed by atoms with Gasteiger partial charge in [-0.15, -0.1) is 0 Å². The quantitative estimate of drug-likeness (QED) is 0.630. The van der Waals surface area contributed by atoms with Crippen molar-refractivity contribution in [1.29, 1.82) is 0 Å². The first-order chi connectivity index (χ1) is 7.65. The lowest BCUT2D eigenvalue weighted by Crippen LogP contribution is -2.21. The second-order valence-electron chi connectivity index (χ2n) is 3.39. The summed E-state index contributed by atoms with van der Waals surface area (Å²) in [7, 11) is 0. The van der Waals surface area contributed by atoms with E-state index in [1.807, 2.05) is 6.07 Å². The maximum atomic E-state index is 10.8. The van der Waals surface area contributed by atoms with E-state index in [1.165, 1.54) is 0 Å². The molecular weight excluding hydrogens is 208 g/mol. The molecule has 5 heteroatoms. The van der Waals surface area contributed by atoms with Crippen LogP contribution in [0.2, 0.25) is 0 Å². The van der Waals surface area contributed by atoms with Gasteiger partial charge in [-0.3, -0.25) is 4.79 Å². The number of ether oxygens (including phenoxy) is 1.